The van der Waals surface area contributed by atoms with Gasteiger partial charge in [0.15, 0.2) is 0 Å². The lowest BCUT2D eigenvalue weighted by Gasteiger charge is -2.18. The minimum absolute atomic E-state index is 0.0963. The normalized spacial score (nSPS) is 28.1. The Balaban J connectivity index is 1.78. The molecule has 0 spiro atoms. The summed E-state index contributed by atoms with van der Waals surface area (Å²) in [5.74, 6) is 0.437. The monoisotopic (exact) mass is 226 g/mol. The van der Waals surface area contributed by atoms with E-state index in [1.807, 2.05) is 11.6 Å². The molecule has 1 saturated carbocycles. The number of nitrogens with zero attached hydrogens (tertiary/aromatic N) is 1. The van der Waals surface area contributed by atoms with E-state index in [2.05, 4.69) is 17.2 Å². The molecule has 3 unspecified atom stereocenters. The van der Waals surface area contributed by atoms with Crippen LogP contribution in [0.1, 0.15) is 37.2 Å². The third-order valence-electron chi connectivity index (χ3n) is 3.13. The average Bonchev–Trinajstić information content (AvgIpc) is 2.85. The summed E-state index contributed by atoms with van der Waals surface area (Å²) in [6, 6.07) is 0.304. The van der Waals surface area contributed by atoms with Crippen LogP contribution in [0, 0.1) is 5.92 Å². The molecule has 1 fully saturated rings. The topological polar surface area (TPSA) is 45.1 Å². The molecule has 84 valence electrons. The Morgan fingerprint density at radius 3 is 3.13 bits per heavy atom. The number of nitrogens with one attached hydrogen (secondary N) is 1. The molecule has 0 bridgehead atoms. The molecule has 1 aromatic heterocycles. The minimum Gasteiger partial charge on any atom is -0.393 e. The third-order valence-corrected chi connectivity index (χ3v) is 4.09. The molecule has 2 rings (SSSR count). The predicted molar refractivity (Wildman–Crippen MR) is 61.9 cm³/mol. The summed E-state index contributed by atoms with van der Waals surface area (Å²) in [6.07, 6.45) is 5.03. The van der Waals surface area contributed by atoms with Crippen LogP contribution >= 0.6 is 11.3 Å². The lowest BCUT2D eigenvalue weighted by atomic mass is 10.1. The molecule has 15 heavy (non-hydrogen) atoms. The van der Waals surface area contributed by atoms with Gasteiger partial charge in [-0.15, -0.1) is 11.3 Å². The van der Waals surface area contributed by atoms with Gasteiger partial charge < -0.3 is 10.4 Å². The first kappa shape index (κ1) is 11.0. The minimum atomic E-state index is -0.0963. The Morgan fingerprint density at radius 1 is 1.67 bits per heavy atom. The fraction of sp³-hybridized carbons (Fsp3) is 0.727. The largest absolute Gasteiger partial charge is 0.393 e. The Hall–Kier alpha value is -0.450. The Bertz CT molecular complexity index is 289. The van der Waals surface area contributed by atoms with Gasteiger partial charge in [0.25, 0.3) is 0 Å². The molecule has 1 aromatic rings. The van der Waals surface area contributed by atoms with Crippen LogP contribution in [-0.4, -0.2) is 22.7 Å². The van der Waals surface area contributed by atoms with Gasteiger partial charge in [-0.1, -0.05) is 6.42 Å². The summed E-state index contributed by atoms with van der Waals surface area (Å²) in [5, 5.41) is 16.2. The first-order valence-electron chi connectivity index (χ1n) is 5.58. The molecule has 3 atom stereocenters. The molecule has 1 aliphatic rings. The van der Waals surface area contributed by atoms with Crippen LogP contribution in [0.5, 0.6) is 0 Å². The average molecular weight is 226 g/mol. The van der Waals surface area contributed by atoms with Crippen molar-refractivity contribution in [1.82, 2.24) is 10.3 Å². The maximum atomic E-state index is 9.68. The fourth-order valence-electron chi connectivity index (χ4n) is 2.12. The first-order chi connectivity index (χ1) is 7.27. The lowest BCUT2D eigenvalue weighted by Crippen LogP contribution is -2.29. The molecule has 4 heteroatoms. The van der Waals surface area contributed by atoms with Gasteiger partial charge >= 0.3 is 0 Å². The molecule has 0 radical (unpaired) electrons. The van der Waals surface area contributed by atoms with Gasteiger partial charge in [-0.2, -0.15) is 0 Å². The number of hydrogen-bond acceptors (Lipinski definition) is 4. The van der Waals surface area contributed by atoms with Crippen molar-refractivity contribution in [3.8, 4) is 0 Å². The summed E-state index contributed by atoms with van der Waals surface area (Å²) >= 11 is 1.68. The molecule has 1 heterocycles. The van der Waals surface area contributed by atoms with E-state index in [1.54, 1.807) is 11.3 Å². The van der Waals surface area contributed by atoms with Crippen molar-refractivity contribution in [2.45, 2.75) is 38.3 Å². The van der Waals surface area contributed by atoms with Gasteiger partial charge in [-0.25, -0.2) is 4.98 Å². The summed E-state index contributed by atoms with van der Waals surface area (Å²) in [4.78, 5) is 4.27. The van der Waals surface area contributed by atoms with E-state index < -0.39 is 0 Å². The maximum Gasteiger partial charge on any atom is 0.109 e. The standard InChI is InChI=1S/C11H18N2OS/c1-8(11-12-5-6-15-11)13-7-9-3-2-4-10(9)14/h5-6,8-10,13-14H,2-4,7H2,1H3. The molecule has 0 aromatic carbocycles. The highest BCUT2D eigenvalue weighted by molar-refractivity contribution is 7.09. The Kier molecular flexibility index (Phi) is 3.72. The highest BCUT2D eigenvalue weighted by atomic mass is 32.1. The summed E-state index contributed by atoms with van der Waals surface area (Å²) in [5.41, 5.74) is 0. The van der Waals surface area contributed by atoms with Crippen LogP contribution in [0.25, 0.3) is 0 Å². The SMILES string of the molecule is CC(NCC1CCCC1O)c1nccs1. The van der Waals surface area contributed by atoms with Crippen LogP contribution < -0.4 is 5.32 Å². The second-order valence-corrected chi connectivity index (χ2v) is 5.18. The van der Waals surface area contributed by atoms with Crippen molar-refractivity contribution >= 4 is 11.3 Å². The lowest BCUT2D eigenvalue weighted by molar-refractivity contribution is 0.130. The van der Waals surface area contributed by atoms with Crippen molar-refractivity contribution in [3.63, 3.8) is 0 Å². The number of thiazole rings is 1. The van der Waals surface area contributed by atoms with Crippen LogP contribution in [0.2, 0.25) is 0 Å². The zero-order chi connectivity index (χ0) is 10.7. The van der Waals surface area contributed by atoms with Gasteiger partial charge in [0.2, 0.25) is 0 Å². The molecular weight excluding hydrogens is 208 g/mol. The number of aliphatic hydroxyl groups excluding tert-OH is 1. The number of hydrogen-bond donors (Lipinski definition) is 2. The molecule has 0 amide bonds. The molecule has 3 nitrogen and oxygen atoms in total. The zero-order valence-corrected chi connectivity index (χ0v) is 9.83. The van der Waals surface area contributed by atoms with E-state index in [-0.39, 0.29) is 6.10 Å². The van der Waals surface area contributed by atoms with E-state index in [0.717, 1.165) is 24.4 Å². The van der Waals surface area contributed by atoms with Gasteiger partial charge in [-0.05, 0) is 25.7 Å². The van der Waals surface area contributed by atoms with Crippen molar-refractivity contribution in [2.75, 3.05) is 6.54 Å². The number of rotatable bonds is 4. The van der Waals surface area contributed by atoms with E-state index in [0.29, 0.717) is 12.0 Å². The zero-order valence-electron chi connectivity index (χ0n) is 9.02. The third kappa shape index (κ3) is 2.77. The van der Waals surface area contributed by atoms with Gasteiger partial charge in [0.1, 0.15) is 5.01 Å². The maximum absolute atomic E-state index is 9.68. The van der Waals surface area contributed by atoms with Crippen LogP contribution in [0.15, 0.2) is 11.6 Å². The quantitative estimate of drug-likeness (QED) is 0.825. The van der Waals surface area contributed by atoms with Crippen LogP contribution in [0.3, 0.4) is 0 Å². The smallest absolute Gasteiger partial charge is 0.109 e. The molecule has 0 saturated heterocycles. The Labute approximate surface area is 94.5 Å². The van der Waals surface area contributed by atoms with E-state index in [1.165, 1.54) is 6.42 Å². The number of aromatic nitrogens is 1. The van der Waals surface area contributed by atoms with Crippen LogP contribution in [0.4, 0.5) is 0 Å². The first-order valence-corrected chi connectivity index (χ1v) is 6.46. The van der Waals surface area contributed by atoms with E-state index in [4.69, 9.17) is 0 Å². The summed E-state index contributed by atoms with van der Waals surface area (Å²) in [6.45, 7) is 3.03. The van der Waals surface area contributed by atoms with Crippen molar-refractivity contribution in [3.05, 3.63) is 16.6 Å². The molecule has 0 aliphatic heterocycles. The van der Waals surface area contributed by atoms with Gasteiger partial charge in [0.05, 0.1) is 12.1 Å². The highest BCUT2D eigenvalue weighted by Gasteiger charge is 2.25. The number of aliphatic hydroxyl groups is 1. The van der Waals surface area contributed by atoms with E-state index in [9.17, 15) is 5.11 Å². The summed E-state index contributed by atoms with van der Waals surface area (Å²) < 4.78 is 0. The molecule has 1 aliphatic carbocycles. The van der Waals surface area contributed by atoms with Crippen molar-refractivity contribution in [1.29, 1.82) is 0 Å². The fourth-order valence-corrected chi connectivity index (χ4v) is 2.79. The summed E-state index contributed by atoms with van der Waals surface area (Å²) in [7, 11) is 0. The van der Waals surface area contributed by atoms with Crippen molar-refractivity contribution in [2.24, 2.45) is 5.92 Å². The Morgan fingerprint density at radius 2 is 2.53 bits per heavy atom. The second kappa shape index (κ2) is 5.05. The van der Waals surface area contributed by atoms with Gasteiger partial charge in [0, 0.05) is 18.1 Å². The second-order valence-electron chi connectivity index (χ2n) is 4.26. The van der Waals surface area contributed by atoms with Gasteiger partial charge in [-0.3, -0.25) is 0 Å². The van der Waals surface area contributed by atoms with Crippen molar-refractivity contribution < 1.29 is 5.11 Å². The van der Waals surface area contributed by atoms with Crippen LogP contribution in [-0.2, 0) is 0 Å². The van der Waals surface area contributed by atoms with E-state index >= 15 is 0 Å². The molecule has 2 N–H and O–H groups in total. The highest BCUT2D eigenvalue weighted by Crippen LogP contribution is 2.25. The molecular formula is C11H18N2OS. The predicted octanol–water partition coefficient (Wildman–Crippen LogP) is 1.95.